The van der Waals surface area contributed by atoms with E-state index >= 15 is 0 Å². The van der Waals surface area contributed by atoms with E-state index in [2.05, 4.69) is 55.0 Å². The molecule has 0 atom stereocenters. The van der Waals surface area contributed by atoms with Crippen molar-refractivity contribution in [1.29, 1.82) is 0 Å². The summed E-state index contributed by atoms with van der Waals surface area (Å²) < 4.78 is 0. The molecular weight excluding hydrogens is 490 g/mol. The third-order valence-corrected chi connectivity index (χ3v) is 6.76. The fourth-order valence-electron chi connectivity index (χ4n) is 4.62. The number of hydrogen-bond acceptors (Lipinski definition) is 8. The first kappa shape index (κ1) is 25.8. The number of carbonyl (C=O) groups is 2. The fraction of sp³-hybridized carbons (Fsp3) is 0.233. The largest absolute Gasteiger partial charge is 0.379 e. The highest BCUT2D eigenvalue weighted by molar-refractivity contribution is 5.97. The number of amides is 1. The molecule has 1 aliphatic heterocycles. The number of carbonyl (C=O) groups excluding carboxylic acids is 2. The average molecular weight is 522 g/mol. The number of rotatable bonds is 8. The van der Waals surface area contributed by atoms with Gasteiger partial charge in [0.05, 0.1) is 5.69 Å². The van der Waals surface area contributed by atoms with Crippen molar-refractivity contribution in [3.63, 3.8) is 0 Å². The first-order valence-electron chi connectivity index (χ1n) is 13.0. The Morgan fingerprint density at radius 2 is 1.64 bits per heavy atom. The van der Waals surface area contributed by atoms with Crippen molar-refractivity contribution in [1.82, 2.24) is 20.1 Å². The number of hydrogen-bond donors (Lipinski definition) is 2. The van der Waals surface area contributed by atoms with Gasteiger partial charge in [0, 0.05) is 76.4 Å². The second kappa shape index (κ2) is 11.7. The Hall–Kier alpha value is -4.79. The van der Waals surface area contributed by atoms with Crippen LogP contribution in [0.3, 0.4) is 0 Å². The molecule has 0 spiro atoms. The van der Waals surface area contributed by atoms with Crippen molar-refractivity contribution in [2.75, 3.05) is 41.7 Å². The van der Waals surface area contributed by atoms with Crippen LogP contribution in [0.5, 0.6) is 0 Å². The van der Waals surface area contributed by atoms with Crippen LogP contribution in [-0.4, -0.2) is 58.0 Å². The van der Waals surface area contributed by atoms with Crippen molar-refractivity contribution in [2.45, 2.75) is 20.4 Å². The van der Waals surface area contributed by atoms with E-state index in [4.69, 9.17) is 0 Å². The number of nitrogens with zero attached hydrogens (tertiary/aromatic N) is 5. The lowest BCUT2D eigenvalue weighted by atomic mass is 10.0. The fourth-order valence-corrected chi connectivity index (χ4v) is 4.62. The van der Waals surface area contributed by atoms with Crippen LogP contribution >= 0.6 is 0 Å². The van der Waals surface area contributed by atoms with Crippen LogP contribution < -0.4 is 15.5 Å². The molecule has 0 radical (unpaired) electrons. The molecule has 1 aliphatic rings. The van der Waals surface area contributed by atoms with Crippen molar-refractivity contribution in [3.8, 4) is 11.1 Å². The molecule has 3 heterocycles. The van der Waals surface area contributed by atoms with Crippen molar-refractivity contribution >= 4 is 34.6 Å². The highest BCUT2D eigenvalue weighted by atomic mass is 16.2. The number of piperazine rings is 1. The molecule has 0 saturated carbocycles. The molecule has 1 saturated heterocycles. The second-order valence-electron chi connectivity index (χ2n) is 9.51. The Morgan fingerprint density at radius 1 is 0.872 bits per heavy atom. The number of ketones is 1. The molecule has 0 bridgehead atoms. The molecule has 2 aromatic carbocycles. The summed E-state index contributed by atoms with van der Waals surface area (Å²) in [7, 11) is 0. The molecule has 5 rings (SSSR count). The highest BCUT2D eigenvalue weighted by Crippen LogP contribution is 2.25. The van der Waals surface area contributed by atoms with Crippen LogP contribution in [0, 0.1) is 0 Å². The normalized spacial score (nSPS) is 13.2. The van der Waals surface area contributed by atoms with E-state index in [1.807, 2.05) is 53.6 Å². The third-order valence-electron chi connectivity index (χ3n) is 6.76. The molecule has 0 unspecified atom stereocenters. The van der Waals surface area contributed by atoms with Gasteiger partial charge < -0.3 is 20.4 Å². The van der Waals surface area contributed by atoms with Crippen LogP contribution in [0.1, 0.15) is 29.9 Å². The quantitative estimate of drug-likeness (QED) is 0.320. The molecule has 0 aliphatic carbocycles. The minimum atomic E-state index is -0.158. The summed E-state index contributed by atoms with van der Waals surface area (Å²) in [6, 6.07) is 22.0. The highest BCUT2D eigenvalue weighted by Gasteiger charge is 2.19. The summed E-state index contributed by atoms with van der Waals surface area (Å²) in [4.78, 5) is 32.2. The van der Waals surface area contributed by atoms with E-state index in [1.54, 1.807) is 13.1 Å². The van der Waals surface area contributed by atoms with Gasteiger partial charge in [-0.15, -0.1) is 10.2 Å². The monoisotopic (exact) mass is 521 g/mol. The number of aromatic nitrogens is 3. The van der Waals surface area contributed by atoms with E-state index in [-0.39, 0.29) is 11.7 Å². The van der Waals surface area contributed by atoms with Gasteiger partial charge in [-0.25, -0.2) is 0 Å². The maximum Gasteiger partial charge on any atom is 0.219 e. The van der Waals surface area contributed by atoms with Crippen molar-refractivity contribution in [3.05, 3.63) is 90.4 Å². The Kier molecular flexibility index (Phi) is 7.77. The molecule has 39 heavy (non-hydrogen) atoms. The second-order valence-corrected chi connectivity index (χ2v) is 9.51. The molecule has 198 valence electrons. The molecule has 2 N–H and O–H groups in total. The van der Waals surface area contributed by atoms with Crippen molar-refractivity contribution < 1.29 is 9.59 Å². The molecule has 1 amide bonds. The summed E-state index contributed by atoms with van der Waals surface area (Å²) in [5, 5.41) is 15.1. The Labute approximate surface area is 227 Å². The zero-order chi connectivity index (χ0) is 27.2. The number of nitrogens with one attached hydrogen (secondary N) is 2. The summed E-state index contributed by atoms with van der Waals surface area (Å²) in [6.07, 6.45) is 3.60. The number of pyridine rings is 1. The Balaban J connectivity index is 1.26. The van der Waals surface area contributed by atoms with Gasteiger partial charge in [-0.2, -0.15) is 0 Å². The number of anilines is 4. The standard InChI is InChI=1S/C30H31N7O2/c1-21(38)30-28(32-19-23-5-3-6-24(17-23)25-7-4-12-31-20-25)18-29(34-35-30)33-26-8-10-27(11-9-26)37-15-13-36(14-16-37)22(2)39/h3-12,17-18,20H,13-16,19H2,1-2H3,(H2,32,33,34). The van der Waals surface area contributed by atoms with Gasteiger partial charge in [0.2, 0.25) is 5.91 Å². The van der Waals surface area contributed by atoms with E-state index in [1.165, 1.54) is 6.92 Å². The minimum absolute atomic E-state index is 0.123. The lowest BCUT2D eigenvalue weighted by Crippen LogP contribution is -2.48. The van der Waals surface area contributed by atoms with E-state index in [9.17, 15) is 9.59 Å². The van der Waals surface area contributed by atoms with Crippen LogP contribution in [-0.2, 0) is 11.3 Å². The van der Waals surface area contributed by atoms with Gasteiger partial charge >= 0.3 is 0 Å². The van der Waals surface area contributed by atoms with Gasteiger partial charge in [-0.3, -0.25) is 14.6 Å². The zero-order valence-electron chi connectivity index (χ0n) is 22.1. The zero-order valence-corrected chi connectivity index (χ0v) is 22.1. The van der Waals surface area contributed by atoms with E-state index < -0.39 is 0 Å². The van der Waals surface area contributed by atoms with Crippen molar-refractivity contribution in [2.24, 2.45) is 0 Å². The van der Waals surface area contributed by atoms with E-state index in [0.717, 1.165) is 54.2 Å². The SMILES string of the molecule is CC(=O)c1nnc(Nc2ccc(N3CCN(C(C)=O)CC3)cc2)cc1NCc1cccc(-c2cccnc2)c1. The molecule has 9 heteroatoms. The average Bonchev–Trinajstić information content (AvgIpc) is 2.97. The number of benzene rings is 2. The molecular formula is C30H31N7O2. The number of Topliss-reactive ketones (excluding diaryl/α,β-unsaturated/α-hetero) is 1. The minimum Gasteiger partial charge on any atom is -0.379 e. The third kappa shape index (κ3) is 6.38. The van der Waals surface area contributed by atoms with Crippen LogP contribution in [0.2, 0.25) is 0 Å². The lowest BCUT2D eigenvalue weighted by Gasteiger charge is -2.35. The molecule has 9 nitrogen and oxygen atoms in total. The maximum atomic E-state index is 12.2. The first-order valence-corrected chi connectivity index (χ1v) is 13.0. The Bertz CT molecular complexity index is 1450. The smallest absolute Gasteiger partial charge is 0.219 e. The van der Waals surface area contributed by atoms with Gasteiger partial charge in [-0.05, 0) is 53.1 Å². The van der Waals surface area contributed by atoms with Crippen LogP contribution in [0.15, 0.2) is 79.1 Å². The first-order chi connectivity index (χ1) is 19.0. The summed E-state index contributed by atoms with van der Waals surface area (Å²) >= 11 is 0. The topological polar surface area (TPSA) is 103 Å². The Morgan fingerprint density at radius 3 is 2.33 bits per heavy atom. The van der Waals surface area contributed by atoms with E-state index in [0.29, 0.717) is 23.7 Å². The maximum absolute atomic E-state index is 12.2. The summed E-state index contributed by atoms with van der Waals surface area (Å²) in [5.74, 6) is 0.502. The summed E-state index contributed by atoms with van der Waals surface area (Å²) in [5.41, 5.74) is 6.07. The predicted octanol–water partition coefficient (Wildman–Crippen LogP) is 4.77. The molecule has 2 aromatic heterocycles. The van der Waals surface area contributed by atoms with Gasteiger partial charge in [0.15, 0.2) is 17.3 Å². The van der Waals surface area contributed by atoms with Crippen LogP contribution in [0.25, 0.3) is 11.1 Å². The van der Waals surface area contributed by atoms with Crippen LogP contribution in [0.4, 0.5) is 22.9 Å². The van der Waals surface area contributed by atoms with Gasteiger partial charge in [0.25, 0.3) is 0 Å². The van der Waals surface area contributed by atoms with Gasteiger partial charge in [0.1, 0.15) is 0 Å². The molecule has 4 aromatic rings. The van der Waals surface area contributed by atoms with Gasteiger partial charge in [-0.1, -0.05) is 24.3 Å². The summed E-state index contributed by atoms with van der Waals surface area (Å²) in [6.45, 7) is 6.71. The lowest BCUT2D eigenvalue weighted by molar-refractivity contribution is -0.129. The predicted molar refractivity (Wildman–Crippen MR) is 153 cm³/mol. The molecule has 1 fully saturated rings.